The number of hydrogen-bond acceptors (Lipinski definition) is 3. The number of aromatic nitrogens is 1. The van der Waals surface area contributed by atoms with Gasteiger partial charge in [0.05, 0.1) is 12.3 Å². The normalized spacial score (nSPS) is 10.3. The van der Waals surface area contributed by atoms with Gasteiger partial charge in [0.15, 0.2) is 0 Å². The zero-order valence-electron chi connectivity index (χ0n) is 11.4. The van der Waals surface area contributed by atoms with Crippen LogP contribution in [0.4, 0.5) is 0 Å². The molecule has 1 aromatic carbocycles. The molecular formula is C16H17NO2. The number of nitrogens with zero attached hydrogens (tertiary/aromatic N) is 1. The molecule has 3 nitrogen and oxygen atoms in total. The van der Waals surface area contributed by atoms with Gasteiger partial charge in [0.1, 0.15) is 5.69 Å². The topological polar surface area (TPSA) is 39.2 Å². The minimum absolute atomic E-state index is 0.355. The van der Waals surface area contributed by atoms with Gasteiger partial charge >= 0.3 is 5.97 Å². The number of pyridine rings is 1. The van der Waals surface area contributed by atoms with E-state index in [0.717, 1.165) is 16.8 Å². The molecule has 2 aromatic rings. The standard InChI is InChI=1S/C16H17NO2/c1-4-19-16(18)15-10-12(3)9-14(17-15)13-7-5-11(2)6-8-13/h5-10H,4H2,1-3H3. The van der Waals surface area contributed by atoms with Crippen LogP contribution < -0.4 is 0 Å². The Balaban J connectivity index is 2.41. The number of benzene rings is 1. The summed E-state index contributed by atoms with van der Waals surface area (Å²) in [6.45, 7) is 6.13. The molecule has 0 unspecified atom stereocenters. The summed E-state index contributed by atoms with van der Waals surface area (Å²) in [5.41, 5.74) is 4.34. The molecular weight excluding hydrogens is 238 g/mol. The largest absolute Gasteiger partial charge is 0.461 e. The van der Waals surface area contributed by atoms with E-state index in [4.69, 9.17) is 4.74 Å². The second kappa shape index (κ2) is 5.65. The van der Waals surface area contributed by atoms with Crippen LogP contribution in [-0.2, 0) is 4.74 Å². The number of ether oxygens (including phenoxy) is 1. The summed E-state index contributed by atoms with van der Waals surface area (Å²) in [5, 5.41) is 0. The van der Waals surface area contributed by atoms with E-state index in [1.165, 1.54) is 5.56 Å². The molecule has 0 fully saturated rings. The minimum atomic E-state index is -0.375. The van der Waals surface area contributed by atoms with Crippen molar-refractivity contribution in [2.24, 2.45) is 0 Å². The van der Waals surface area contributed by atoms with E-state index in [9.17, 15) is 4.79 Å². The van der Waals surface area contributed by atoms with E-state index in [2.05, 4.69) is 4.98 Å². The first-order chi connectivity index (χ1) is 9.10. The second-order valence-electron chi connectivity index (χ2n) is 4.50. The number of carbonyl (C=O) groups excluding carboxylic acids is 1. The average molecular weight is 255 g/mol. The molecule has 0 saturated carbocycles. The third kappa shape index (κ3) is 3.19. The third-order valence-corrected chi connectivity index (χ3v) is 2.80. The van der Waals surface area contributed by atoms with Gasteiger partial charge < -0.3 is 4.74 Å². The number of carbonyl (C=O) groups is 1. The Bertz CT molecular complexity index is 588. The molecule has 1 aromatic heterocycles. The van der Waals surface area contributed by atoms with E-state index in [-0.39, 0.29) is 5.97 Å². The van der Waals surface area contributed by atoms with Gasteiger partial charge in [-0.15, -0.1) is 0 Å². The zero-order valence-corrected chi connectivity index (χ0v) is 11.4. The van der Waals surface area contributed by atoms with Crippen molar-refractivity contribution >= 4 is 5.97 Å². The molecule has 0 bridgehead atoms. The van der Waals surface area contributed by atoms with E-state index in [0.29, 0.717) is 12.3 Å². The first kappa shape index (κ1) is 13.3. The molecule has 98 valence electrons. The highest BCUT2D eigenvalue weighted by molar-refractivity contribution is 5.88. The number of esters is 1. The van der Waals surface area contributed by atoms with Crippen LogP contribution in [0, 0.1) is 13.8 Å². The van der Waals surface area contributed by atoms with E-state index in [1.54, 1.807) is 13.0 Å². The van der Waals surface area contributed by atoms with Crippen LogP contribution >= 0.6 is 0 Å². The lowest BCUT2D eigenvalue weighted by Crippen LogP contribution is -2.08. The predicted octanol–water partition coefficient (Wildman–Crippen LogP) is 3.54. The fraction of sp³-hybridized carbons (Fsp3) is 0.250. The Kier molecular flexibility index (Phi) is 3.95. The van der Waals surface area contributed by atoms with E-state index < -0.39 is 0 Å². The minimum Gasteiger partial charge on any atom is -0.461 e. The van der Waals surface area contributed by atoms with Crippen molar-refractivity contribution in [3.8, 4) is 11.3 Å². The first-order valence-corrected chi connectivity index (χ1v) is 6.33. The Morgan fingerprint density at radius 2 is 1.79 bits per heavy atom. The monoisotopic (exact) mass is 255 g/mol. The number of hydrogen-bond donors (Lipinski definition) is 0. The lowest BCUT2D eigenvalue weighted by Gasteiger charge is -2.07. The number of aryl methyl sites for hydroxylation is 2. The van der Waals surface area contributed by atoms with Crippen LogP contribution in [0.2, 0.25) is 0 Å². The van der Waals surface area contributed by atoms with Gasteiger partial charge in [-0.05, 0) is 38.5 Å². The molecule has 0 amide bonds. The summed E-state index contributed by atoms with van der Waals surface area (Å²) in [6, 6.07) is 11.8. The summed E-state index contributed by atoms with van der Waals surface area (Å²) in [7, 11) is 0. The molecule has 0 spiro atoms. The highest BCUT2D eigenvalue weighted by atomic mass is 16.5. The molecule has 0 aliphatic heterocycles. The maximum Gasteiger partial charge on any atom is 0.356 e. The maximum absolute atomic E-state index is 11.7. The van der Waals surface area contributed by atoms with Crippen LogP contribution in [0.5, 0.6) is 0 Å². The van der Waals surface area contributed by atoms with Gasteiger partial charge in [0.25, 0.3) is 0 Å². The first-order valence-electron chi connectivity index (χ1n) is 6.33. The van der Waals surface area contributed by atoms with Crippen molar-refractivity contribution in [3.63, 3.8) is 0 Å². The van der Waals surface area contributed by atoms with E-state index in [1.807, 2.05) is 44.2 Å². The van der Waals surface area contributed by atoms with Crippen LogP contribution in [0.1, 0.15) is 28.5 Å². The van der Waals surface area contributed by atoms with E-state index >= 15 is 0 Å². The quantitative estimate of drug-likeness (QED) is 0.787. The Hall–Kier alpha value is -2.16. The summed E-state index contributed by atoms with van der Waals surface area (Å²) in [4.78, 5) is 16.1. The highest BCUT2D eigenvalue weighted by Gasteiger charge is 2.11. The molecule has 3 heteroatoms. The zero-order chi connectivity index (χ0) is 13.8. The third-order valence-electron chi connectivity index (χ3n) is 2.80. The average Bonchev–Trinajstić information content (AvgIpc) is 2.39. The summed E-state index contributed by atoms with van der Waals surface area (Å²) in [5.74, 6) is -0.375. The lowest BCUT2D eigenvalue weighted by molar-refractivity contribution is 0.0519. The molecule has 0 N–H and O–H groups in total. The van der Waals surface area contributed by atoms with Crippen molar-refractivity contribution in [2.45, 2.75) is 20.8 Å². The predicted molar refractivity (Wildman–Crippen MR) is 75.1 cm³/mol. The highest BCUT2D eigenvalue weighted by Crippen LogP contribution is 2.20. The van der Waals surface area contributed by atoms with Crippen molar-refractivity contribution < 1.29 is 9.53 Å². The molecule has 0 saturated heterocycles. The van der Waals surface area contributed by atoms with Gasteiger partial charge in [-0.2, -0.15) is 0 Å². The fourth-order valence-corrected chi connectivity index (χ4v) is 1.85. The van der Waals surface area contributed by atoms with Crippen molar-refractivity contribution in [1.82, 2.24) is 4.98 Å². The van der Waals surface area contributed by atoms with Crippen LogP contribution in [0.15, 0.2) is 36.4 Å². The Morgan fingerprint density at radius 1 is 1.11 bits per heavy atom. The Morgan fingerprint density at radius 3 is 2.42 bits per heavy atom. The van der Waals surface area contributed by atoms with Crippen molar-refractivity contribution in [3.05, 3.63) is 53.2 Å². The molecule has 0 aliphatic rings. The molecule has 2 rings (SSSR count). The fourth-order valence-electron chi connectivity index (χ4n) is 1.85. The lowest BCUT2D eigenvalue weighted by atomic mass is 10.1. The van der Waals surface area contributed by atoms with Crippen LogP contribution in [-0.4, -0.2) is 17.6 Å². The SMILES string of the molecule is CCOC(=O)c1cc(C)cc(-c2ccc(C)cc2)n1. The summed E-state index contributed by atoms with van der Waals surface area (Å²) in [6.07, 6.45) is 0. The Labute approximate surface area is 113 Å². The van der Waals surface area contributed by atoms with Gasteiger partial charge in [0, 0.05) is 5.56 Å². The molecule has 0 aliphatic carbocycles. The molecule has 0 atom stereocenters. The van der Waals surface area contributed by atoms with Gasteiger partial charge in [-0.3, -0.25) is 0 Å². The van der Waals surface area contributed by atoms with Crippen LogP contribution in [0.25, 0.3) is 11.3 Å². The molecule has 0 radical (unpaired) electrons. The smallest absolute Gasteiger partial charge is 0.356 e. The summed E-state index contributed by atoms with van der Waals surface area (Å²) >= 11 is 0. The van der Waals surface area contributed by atoms with Crippen LogP contribution in [0.3, 0.4) is 0 Å². The number of rotatable bonds is 3. The maximum atomic E-state index is 11.7. The van der Waals surface area contributed by atoms with Gasteiger partial charge in [-0.25, -0.2) is 9.78 Å². The molecule has 1 heterocycles. The molecule has 19 heavy (non-hydrogen) atoms. The van der Waals surface area contributed by atoms with Gasteiger partial charge in [0.2, 0.25) is 0 Å². The van der Waals surface area contributed by atoms with Crippen molar-refractivity contribution in [2.75, 3.05) is 6.61 Å². The van der Waals surface area contributed by atoms with Crippen molar-refractivity contribution in [1.29, 1.82) is 0 Å². The summed E-state index contributed by atoms with van der Waals surface area (Å²) < 4.78 is 4.99. The second-order valence-corrected chi connectivity index (χ2v) is 4.50. The van der Waals surface area contributed by atoms with Gasteiger partial charge in [-0.1, -0.05) is 29.8 Å².